The number of nitrogens with zero attached hydrogens (tertiary/aromatic N) is 5. The molecule has 6 rings (SSSR count). The van der Waals surface area contributed by atoms with E-state index in [9.17, 15) is 0 Å². The van der Waals surface area contributed by atoms with Crippen molar-refractivity contribution in [1.29, 1.82) is 0 Å². The molecule has 0 unspecified atom stereocenters. The van der Waals surface area contributed by atoms with Crippen molar-refractivity contribution in [3.8, 4) is 22.9 Å². The third-order valence-corrected chi connectivity index (χ3v) is 6.50. The van der Waals surface area contributed by atoms with Crippen LogP contribution in [0.15, 0.2) is 85.2 Å². The Labute approximate surface area is 229 Å². The monoisotopic (exact) mass is 536 g/mol. The summed E-state index contributed by atoms with van der Waals surface area (Å²) in [5.74, 6) is 2.22. The van der Waals surface area contributed by atoms with Gasteiger partial charge in [-0.1, -0.05) is 35.9 Å². The van der Waals surface area contributed by atoms with Gasteiger partial charge in [-0.05, 0) is 60.5 Å². The molecule has 39 heavy (non-hydrogen) atoms. The number of halogens is 1. The molecule has 9 nitrogen and oxygen atoms in total. The van der Waals surface area contributed by atoms with Crippen LogP contribution in [0.1, 0.15) is 11.3 Å². The van der Waals surface area contributed by atoms with Crippen LogP contribution in [0.4, 0.5) is 17.5 Å². The highest BCUT2D eigenvalue weighted by Gasteiger charge is 2.10. The van der Waals surface area contributed by atoms with Crippen molar-refractivity contribution in [2.45, 2.75) is 13.5 Å². The largest absolute Gasteiger partial charge is 0.424 e. The Morgan fingerprint density at radius 2 is 1.69 bits per heavy atom. The number of benzene rings is 3. The van der Waals surface area contributed by atoms with Crippen molar-refractivity contribution in [2.75, 3.05) is 10.6 Å². The summed E-state index contributed by atoms with van der Waals surface area (Å²) in [5.41, 5.74) is 6.84. The van der Waals surface area contributed by atoms with Gasteiger partial charge in [0, 0.05) is 54.0 Å². The van der Waals surface area contributed by atoms with Crippen LogP contribution in [0, 0.1) is 6.92 Å². The van der Waals surface area contributed by atoms with Crippen LogP contribution in [0.2, 0.25) is 5.02 Å². The molecule has 0 fully saturated rings. The van der Waals surface area contributed by atoms with Crippen molar-refractivity contribution in [3.63, 3.8) is 0 Å². The van der Waals surface area contributed by atoms with E-state index in [4.69, 9.17) is 21.3 Å². The number of hydrogen-bond donors (Lipinski definition) is 3. The van der Waals surface area contributed by atoms with Gasteiger partial charge < -0.3 is 19.9 Å². The quantitative estimate of drug-likeness (QED) is 0.195. The molecule has 3 N–H and O–H groups in total. The van der Waals surface area contributed by atoms with Gasteiger partial charge in [0.05, 0.1) is 11.0 Å². The Bertz CT molecular complexity index is 1730. The lowest BCUT2D eigenvalue weighted by Crippen LogP contribution is -2.05. The first-order valence-electron chi connectivity index (χ1n) is 12.3. The van der Waals surface area contributed by atoms with Crippen LogP contribution in [0.3, 0.4) is 0 Å². The molecule has 3 heterocycles. The third kappa shape index (κ3) is 5.53. The average Bonchev–Trinajstić information content (AvgIpc) is 3.51. The molecule has 0 spiro atoms. The Morgan fingerprint density at radius 1 is 0.923 bits per heavy atom. The second kappa shape index (κ2) is 10.5. The number of hydrogen-bond acceptors (Lipinski definition) is 7. The lowest BCUT2D eigenvalue weighted by Gasteiger charge is -2.08. The summed E-state index contributed by atoms with van der Waals surface area (Å²) in [6.45, 7) is 2.58. The summed E-state index contributed by atoms with van der Waals surface area (Å²) >= 11 is 5.96. The Kier molecular flexibility index (Phi) is 6.56. The highest BCUT2D eigenvalue weighted by Crippen LogP contribution is 2.26. The van der Waals surface area contributed by atoms with E-state index in [-0.39, 0.29) is 6.01 Å². The topological polar surface area (TPSA) is 106 Å². The van der Waals surface area contributed by atoms with E-state index in [1.165, 1.54) is 0 Å². The van der Waals surface area contributed by atoms with Gasteiger partial charge >= 0.3 is 6.01 Å². The molecule has 0 saturated heterocycles. The average molecular weight is 537 g/mol. The first kappa shape index (κ1) is 24.4. The van der Waals surface area contributed by atoms with E-state index in [0.29, 0.717) is 17.3 Å². The lowest BCUT2D eigenvalue weighted by atomic mass is 10.1. The maximum atomic E-state index is 5.96. The van der Waals surface area contributed by atoms with Gasteiger partial charge in [-0.15, -0.1) is 0 Å². The van der Waals surface area contributed by atoms with Gasteiger partial charge in [0.1, 0.15) is 5.75 Å². The van der Waals surface area contributed by atoms with Crippen LogP contribution in [0.25, 0.3) is 22.2 Å². The predicted octanol–water partition coefficient (Wildman–Crippen LogP) is 6.86. The van der Waals surface area contributed by atoms with Crippen molar-refractivity contribution < 1.29 is 4.74 Å². The standard InChI is InChI=1S/C29H25ClN8O/c1-18-13-27(37-36-18)34-23-9-12-25-26(14-23)38(2)28(35-25)31-15-19-3-10-24(11-4-19)39-29-32-16-21(17-33-29)20-5-7-22(30)8-6-20/h3-14,16-17H,15H2,1-2H3,(H,31,35)(H2,34,36,37). The summed E-state index contributed by atoms with van der Waals surface area (Å²) in [4.78, 5) is 13.4. The number of aryl methyl sites for hydroxylation is 2. The van der Waals surface area contributed by atoms with Crippen molar-refractivity contribution >= 4 is 40.1 Å². The zero-order valence-corrected chi connectivity index (χ0v) is 22.1. The first-order valence-corrected chi connectivity index (χ1v) is 12.7. The molecular formula is C29H25ClN8O. The number of nitrogens with one attached hydrogen (secondary N) is 3. The summed E-state index contributed by atoms with van der Waals surface area (Å²) in [5, 5.41) is 14.6. The Balaban J connectivity index is 1.08. The maximum absolute atomic E-state index is 5.96. The molecule has 3 aromatic heterocycles. The molecule has 0 atom stereocenters. The molecule has 6 aromatic rings. The number of ether oxygens (including phenoxy) is 1. The van der Waals surface area contributed by atoms with E-state index < -0.39 is 0 Å². The fourth-order valence-electron chi connectivity index (χ4n) is 4.18. The van der Waals surface area contributed by atoms with Crippen LogP contribution in [-0.2, 0) is 13.6 Å². The molecule has 194 valence electrons. The number of aromatic nitrogens is 6. The molecule has 0 aliphatic heterocycles. The number of imidazole rings is 1. The number of anilines is 3. The van der Waals surface area contributed by atoms with Crippen molar-refractivity contribution in [3.05, 3.63) is 101 Å². The van der Waals surface area contributed by atoms with E-state index >= 15 is 0 Å². The number of aromatic amines is 1. The molecule has 0 saturated carbocycles. The molecule has 0 radical (unpaired) electrons. The summed E-state index contributed by atoms with van der Waals surface area (Å²) in [6, 6.07) is 23.6. The molecule has 3 aromatic carbocycles. The van der Waals surface area contributed by atoms with Crippen molar-refractivity contribution in [1.82, 2.24) is 29.7 Å². The maximum Gasteiger partial charge on any atom is 0.321 e. The van der Waals surface area contributed by atoms with Gasteiger partial charge in [0.2, 0.25) is 5.95 Å². The SMILES string of the molecule is Cc1cc(Nc2ccc3nc(NCc4ccc(Oc5ncc(-c6ccc(Cl)cc6)cn5)cc4)n(C)c3c2)n[nH]1. The summed E-state index contributed by atoms with van der Waals surface area (Å²) in [7, 11) is 2.00. The lowest BCUT2D eigenvalue weighted by molar-refractivity contribution is 0.442. The summed E-state index contributed by atoms with van der Waals surface area (Å²) in [6.07, 6.45) is 3.47. The van der Waals surface area contributed by atoms with Crippen molar-refractivity contribution in [2.24, 2.45) is 7.05 Å². The molecule has 0 aliphatic rings. The molecular weight excluding hydrogens is 512 g/mol. The molecule has 0 amide bonds. The van der Waals surface area contributed by atoms with Gasteiger partial charge in [-0.25, -0.2) is 15.0 Å². The Morgan fingerprint density at radius 3 is 2.41 bits per heavy atom. The number of rotatable bonds is 8. The van der Waals surface area contributed by atoms with Crippen LogP contribution in [0.5, 0.6) is 11.8 Å². The van der Waals surface area contributed by atoms with Crippen LogP contribution >= 0.6 is 11.6 Å². The predicted molar refractivity (Wildman–Crippen MR) is 154 cm³/mol. The zero-order valence-electron chi connectivity index (χ0n) is 21.3. The highest BCUT2D eigenvalue weighted by molar-refractivity contribution is 6.30. The smallest absolute Gasteiger partial charge is 0.321 e. The van der Waals surface area contributed by atoms with E-state index in [0.717, 1.165) is 50.9 Å². The minimum absolute atomic E-state index is 0.287. The van der Waals surface area contributed by atoms with E-state index in [1.807, 2.05) is 85.3 Å². The number of fused-ring (bicyclic) bond motifs is 1. The fraction of sp³-hybridized carbons (Fsp3) is 0.103. The van der Waals surface area contributed by atoms with Gasteiger partial charge in [0.15, 0.2) is 5.82 Å². The number of H-pyrrole nitrogens is 1. The minimum atomic E-state index is 0.287. The van der Waals surface area contributed by atoms with Crippen LogP contribution < -0.4 is 15.4 Å². The second-order valence-electron chi connectivity index (χ2n) is 9.12. The summed E-state index contributed by atoms with van der Waals surface area (Å²) < 4.78 is 7.87. The normalized spacial score (nSPS) is 11.1. The highest BCUT2D eigenvalue weighted by atomic mass is 35.5. The van der Waals surface area contributed by atoms with Gasteiger partial charge in [-0.2, -0.15) is 5.10 Å². The molecule has 0 aliphatic carbocycles. The van der Waals surface area contributed by atoms with E-state index in [2.05, 4.69) is 36.9 Å². The minimum Gasteiger partial charge on any atom is -0.424 e. The van der Waals surface area contributed by atoms with Gasteiger partial charge in [0.25, 0.3) is 0 Å². The molecule has 0 bridgehead atoms. The van der Waals surface area contributed by atoms with Crippen LogP contribution in [-0.4, -0.2) is 29.7 Å². The zero-order chi connectivity index (χ0) is 26.8. The van der Waals surface area contributed by atoms with E-state index in [1.54, 1.807) is 12.4 Å². The van der Waals surface area contributed by atoms with Gasteiger partial charge in [-0.3, -0.25) is 5.10 Å². The molecule has 10 heteroatoms. The third-order valence-electron chi connectivity index (χ3n) is 6.25. The first-order chi connectivity index (χ1) is 19.0. The Hall–Kier alpha value is -4.89. The second-order valence-corrected chi connectivity index (χ2v) is 9.56. The fourth-order valence-corrected chi connectivity index (χ4v) is 4.30.